The van der Waals surface area contributed by atoms with Crippen LogP contribution in [0.25, 0.3) is 0 Å². The molecule has 5 aromatic rings. The Morgan fingerprint density at radius 2 is 1.54 bits per heavy atom. The van der Waals surface area contributed by atoms with Crippen LogP contribution in [0.2, 0.25) is 0 Å². The Kier molecular flexibility index (Phi) is 9.07. The van der Waals surface area contributed by atoms with Gasteiger partial charge in [-0.25, -0.2) is 14.2 Å². The number of aliphatic imine (C=N–C) groups is 1. The summed E-state index contributed by atoms with van der Waals surface area (Å²) >= 11 is 6.96. The van der Waals surface area contributed by atoms with Crippen LogP contribution in [0, 0.1) is 0 Å². The van der Waals surface area contributed by atoms with E-state index < -0.39 is 41.1 Å². The van der Waals surface area contributed by atoms with Gasteiger partial charge >= 0.3 is 5.97 Å². The molecule has 3 heterocycles. The van der Waals surface area contributed by atoms with E-state index >= 15 is 4.39 Å². The monoisotopic (exact) mass is 693 g/mol. The fraction of sp³-hybridized carbons (Fsp3) is 0.256. The van der Waals surface area contributed by atoms with Crippen molar-refractivity contribution >= 4 is 29.3 Å². The zero-order valence-electron chi connectivity index (χ0n) is 27.8. The predicted octanol–water partition coefficient (Wildman–Crippen LogP) is 7.56. The van der Waals surface area contributed by atoms with Gasteiger partial charge in [-0.2, -0.15) is 4.99 Å². The van der Waals surface area contributed by atoms with Crippen molar-refractivity contribution in [1.82, 2.24) is 20.2 Å². The van der Waals surface area contributed by atoms with Crippen LogP contribution in [0.15, 0.2) is 127 Å². The van der Waals surface area contributed by atoms with Gasteiger partial charge in [-0.05, 0) is 54.3 Å². The van der Waals surface area contributed by atoms with Gasteiger partial charge in [-0.1, -0.05) is 110 Å². The molecule has 1 aromatic heterocycles. The lowest BCUT2D eigenvalue weighted by atomic mass is 9.77. The minimum Gasteiger partial charge on any atom is -0.497 e. The molecular weight excluding hydrogens is 657 g/mol. The maximum Gasteiger partial charge on any atom is 0.338 e. The van der Waals surface area contributed by atoms with E-state index in [0.29, 0.717) is 29.5 Å². The molecule has 5 atom stereocenters. The topological polar surface area (TPSA) is 99.0 Å². The first-order valence-electron chi connectivity index (χ1n) is 16.5. The number of fused-ring (bicyclic) bond motifs is 1. The van der Waals surface area contributed by atoms with E-state index in [0.717, 1.165) is 22.4 Å². The van der Waals surface area contributed by atoms with Crippen molar-refractivity contribution in [2.75, 3.05) is 7.11 Å². The summed E-state index contributed by atoms with van der Waals surface area (Å²) in [4.78, 5) is 22.9. The van der Waals surface area contributed by atoms with Gasteiger partial charge in [0.2, 0.25) is 5.96 Å². The molecule has 11 heteroatoms. The molecule has 0 bridgehead atoms. The molecule has 0 spiro atoms. The lowest BCUT2D eigenvalue weighted by molar-refractivity contribution is -0.0982. The van der Waals surface area contributed by atoms with Crippen molar-refractivity contribution < 1.29 is 23.4 Å². The predicted molar refractivity (Wildman–Crippen MR) is 189 cm³/mol. The largest absolute Gasteiger partial charge is 0.497 e. The molecule has 2 aliphatic heterocycles. The van der Waals surface area contributed by atoms with Gasteiger partial charge in [0.15, 0.2) is 29.3 Å². The SMILES string of the molecule is CC[C@H]1O[C@@H](n2cnc3c2N=C(NC(c2ccccc2)(c2ccccc2)c2ccc(OC)cc2)NC3Cl)[C@](C)(OC(=O)c2ccccc2)[C@@H]1F. The molecule has 50 heavy (non-hydrogen) atoms. The fourth-order valence-corrected chi connectivity index (χ4v) is 7.05. The van der Waals surface area contributed by atoms with E-state index in [9.17, 15) is 4.79 Å². The van der Waals surface area contributed by atoms with Crippen molar-refractivity contribution in [3.8, 4) is 5.75 Å². The first-order valence-corrected chi connectivity index (χ1v) is 16.9. The number of hydrogen-bond acceptors (Lipinski definition) is 8. The Balaban J connectivity index is 1.34. The van der Waals surface area contributed by atoms with E-state index in [1.807, 2.05) is 91.9 Å². The number of alkyl halides is 2. The number of rotatable bonds is 9. The molecule has 9 nitrogen and oxygen atoms in total. The van der Waals surface area contributed by atoms with Crippen molar-refractivity contribution in [2.45, 2.75) is 55.4 Å². The first-order chi connectivity index (χ1) is 24.3. The summed E-state index contributed by atoms with van der Waals surface area (Å²) in [5, 5.41) is 6.98. The second kappa shape index (κ2) is 13.6. The Morgan fingerprint density at radius 1 is 0.960 bits per heavy atom. The standard InChI is InChI=1S/C39H37ClFN5O4/c1-4-30-32(41)38(2,50-35(47)25-14-8-5-9-15-25)36(49-30)46-24-42-31-33(40)43-37(44-34(31)46)45-39(26-16-10-6-11-17-26,27-18-12-7-13-19-27)28-20-22-29(48-3)23-21-28/h5-24,30,32-33,36H,4H2,1-3H3,(H2,43,44,45)/t30-,32-,33?,36-,38-/m1/s1. The molecule has 2 aliphatic rings. The van der Waals surface area contributed by atoms with Crippen LogP contribution >= 0.6 is 11.6 Å². The fourth-order valence-electron chi connectivity index (χ4n) is 6.80. The first kappa shape index (κ1) is 33.3. The quantitative estimate of drug-likeness (QED) is 0.0712. The number of imidazole rings is 1. The lowest BCUT2D eigenvalue weighted by Gasteiger charge is -2.39. The molecule has 1 fully saturated rings. The summed E-state index contributed by atoms with van der Waals surface area (Å²) in [6.45, 7) is 3.38. The van der Waals surface area contributed by atoms with E-state index in [1.165, 1.54) is 6.33 Å². The molecule has 1 saturated heterocycles. The van der Waals surface area contributed by atoms with Gasteiger partial charge in [0.05, 0.1) is 25.1 Å². The Bertz CT molecular complexity index is 1940. The number of aromatic nitrogens is 2. The number of carbonyl (C=O) groups is 1. The average Bonchev–Trinajstić information content (AvgIpc) is 3.69. The van der Waals surface area contributed by atoms with Crippen molar-refractivity contribution in [3.05, 3.63) is 150 Å². The van der Waals surface area contributed by atoms with Gasteiger partial charge < -0.3 is 24.8 Å². The Labute approximate surface area is 295 Å². The summed E-state index contributed by atoms with van der Waals surface area (Å²) in [6.07, 6.45) is -1.68. The van der Waals surface area contributed by atoms with Gasteiger partial charge in [0.25, 0.3) is 0 Å². The molecular formula is C39H37ClFN5O4. The third kappa shape index (κ3) is 5.78. The second-order valence-corrected chi connectivity index (χ2v) is 12.9. The molecule has 256 valence electrons. The molecule has 0 radical (unpaired) electrons. The van der Waals surface area contributed by atoms with Crippen molar-refractivity contribution in [2.24, 2.45) is 4.99 Å². The average molecular weight is 694 g/mol. The van der Waals surface area contributed by atoms with Crippen LogP contribution in [0.5, 0.6) is 5.75 Å². The highest BCUT2D eigenvalue weighted by molar-refractivity contribution is 6.22. The summed E-state index contributed by atoms with van der Waals surface area (Å²) in [6, 6.07) is 36.4. The van der Waals surface area contributed by atoms with Crippen LogP contribution in [0.4, 0.5) is 10.2 Å². The highest BCUT2D eigenvalue weighted by Gasteiger charge is 2.58. The third-order valence-corrected chi connectivity index (χ3v) is 9.72. The molecule has 4 aromatic carbocycles. The third-order valence-electron chi connectivity index (χ3n) is 9.40. The van der Waals surface area contributed by atoms with Crippen molar-refractivity contribution in [1.29, 1.82) is 0 Å². The molecule has 2 N–H and O–H groups in total. The summed E-state index contributed by atoms with van der Waals surface area (Å²) < 4.78 is 35.6. The summed E-state index contributed by atoms with van der Waals surface area (Å²) in [7, 11) is 1.63. The number of methoxy groups -OCH3 is 1. The van der Waals surface area contributed by atoms with Crippen LogP contribution in [0.1, 0.15) is 64.7 Å². The zero-order chi connectivity index (χ0) is 34.9. The highest BCUT2D eigenvalue weighted by atomic mass is 35.5. The molecule has 0 aliphatic carbocycles. The van der Waals surface area contributed by atoms with E-state index in [2.05, 4.69) is 15.6 Å². The van der Waals surface area contributed by atoms with Gasteiger partial charge in [-0.15, -0.1) is 0 Å². The van der Waals surface area contributed by atoms with Crippen LogP contribution in [0.3, 0.4) is 0 Å². The molecule has 0 saturated carbocycles. The Hall–Kier alpha value is -5.19. The number of hydrogen-bond donors (Lipinski definition) is 2. The number of halogens is 2. The maximum atomic E-state index is 16.2. The number of nitrogens with one attached hydrogen (secondary N) is 2. The number of ether oxygens (including phenoxy) is 3. The van der Waals surface area contributed by atoms with E-state index in [-0.39, 0.29) is 0 Å². The number of nitrogens with zero attached hydrogens (tertiary/aromatic N) is 3. The van der Waals surface area contributed by atoms with E-state index in [1.54, 1.807) is 48.9 Å². The van der Waals surface area contributed by atoms with Crippen LogP contribution < -0.4 is 15.4 Å². The van der Waals surface area contributed by atoms with Gasteiger partial charge in [0.1, 0.15) is 17.0 Å². The van der Waals surface area contributed by atoms with Gasteiger partial charge in [-0.3, -0.25) is 4.57 Å². The van der Waals surface area contributed by atoms with Crippen LogP contribution in [-0.2, 0) is 15.0 Å². The van der Waals surface area contributed by atoms with Crippen LogP contribution in [-0.4, -0.2) is 46.5 Å². The smallest absolute Gasteiger partial charge is 0.338 e. The lowest BCUT2D eigenvalue weighted by Crippen LogP contribution is -2.53. The highest BCUT2D eigenvalue weighted by Crippen LogP contribution is 2.47. The minimum absolute atomic E-state index is 0.304. The molecule has 0 amide bonds. The van der Waals surface area contributed by atoms with Gasteiger partial charge in [0, 0.05) is 0 Å². The molecule has 7 rings (SSSR count). The molecule has 1 unspecified atom stereocenters. The second-order valence-electron chi connectivity index (χ2n) is 12.4. The summed E-state index contributed by atoms with van der Waals surface area (Å²) in [5.74, 6) is 0.739. The normalized spacial score (nSPS) is 22.9. The summed E-state index contributed by atoms with van der Waals surface area (Å²) in [5.41, 5.74) is 0.0409. The minimum atomic E-state index is -1.71. The number of carbonyl (C=O) groups excluding carboxylic acids is 1. The van der Waals surface area contributed by atoms with Crippen molar-refractivity contribution in [3.63, 3.8) is 0 Å². The zero-order valence-corrected chi connectivity index (χ0v) is 28.6. The van der Waals surface area contributed by atoms with E-state index in [4.69, 9.17) is 30.8 Å². The maximum absolute atomic E-state index is 16.2. The Morgan fingerprint density at radius 3 is 2.12 bits per heavy atom. The number of esters is 1. The number of guanidine groups is 1. The number of benzene rings is 4.